The lowest BCUT2D eigenvalue weighted by atomic mass is 10.2. The van der Waals surface area contributed by atoms with E-state index in [0.29, 0.717) is 0 Å². The predicted molar refractivity (Wildman–Crippen MR) is 43.9 cm³/mol. The molecule has 48 valence electrons. The molecule has 0 bridgehead atoms. The molecule has 0 N–H and O–H groups in total. The molecule has 0 unspecified atom stereocenters. The van der Waals surface area contributed by atoms with Gasteiger partial charge < -0.3 is 0 Å². The Morgan fingerprint density at radius 2 is 2.11 bits per heavy atom. The van der Waals surface area contributed by atoms with Crippen molar-refractivity contribution in [3.05, 3.63) is 33.1 Å². The van der Waals surface area contributed by atoms with E-state index in [0.717, 1.165) is 9.13 Å². The molecular formula is C7H6FI. The summed E-state index contributed by atoms with van der Waals surface area (Å²) in [5.41, 5.74) is 0.996. The molecule has 1 rings (SSSR count). The first kappa shape index (κ1) is 6.99. The van der Waals surface area contributed by atoms with E-state index < -0.39 is 0 Å². The smallest absolute Gasteiger partial charge is 0.136 e. The van der Waals surface area contributed by atoms with Gasteiger partial charge in [0.05, 0.1) is 3.57 Å². The lowest BCUT2D eigenvalue weighted by Crippen LogP contribution is -1.83. The van der Waals surface area contributed by atoms with E-state index >= 15 is 0 Å². The molecule has 0 amide bonds. The molecule has 0 fully saturated rings. The lowest BCUT2D eigenvalue weighted by molar-refractivity contribution is 0.619. The van der Waals surface area contributed by atoms with Gasteiger partial charge >= 0.3 is 0 Å². The lowest BCUT2D eigenvalue weighted by Gasteiger charge is -1.95. The van der Waals surface area contributed by atoms with Crippen LogP contribution in [0.15, 0.2) is 18.2 Å². The van der Waals surface area contributed by atoms with E-state index in [1.54, 1.807) is 6.07 Å². The number of hydrogen-bond acceptors (Lipinski definition) is 0. The molecule has 0 saturated heterocycles. The summed E-state index contributed by atoms with van der Waals surface area (Å²) in [6, 6.07) is 5.08. The molecule has 0 saturated carbocycles. The largest absolute Gasteiger partial charge is 0.206 e. The van der Waals surface area contributed by atoms with Crippen molar-refractivity contribution in [2.24, 2.45) is 0 Å². The van der Waals surface area contributed by atoms with Crippen molar-refractivity contribution in [2.75, 3.05) is 0 Å². The van der Waals surface area contributed by atoms with E-state index in [1.165, 1.54) is 6.07 Å². The molecule has 0 spiro atoms. The van der Waals surface area contributed by atoms with E-state index in [-0.39, 0.29) is 5.82 Å². The normalized spacial score (nSPS) is 9.67. The average Bonchev–Trinajstić information content (AvgIpc) is 1.83. The number of halogens is 2. The van der Waals surface area contributed by atoms with Crippen LogP contribution in [0.4, 0.5) is 4.39 Å². The molecule has 1 aromatic carbocycles. The molecule has 0 nitrogen and oxygen atoms in total. The first-order valence-corrected chi connectivity index (χ1v) is 3.70. The second-order valence-electron chi connectivity index (χ2n) is 1.87. The second kappa shape index (κ2) is 2.64. The van der Waals surface area contributed by atoms with Crippen LogP contribution < -0.4 is 0 Å². The zero-order valence-electron chi connectivity index (χ0n) is 4.99. The van der Waals surface area contributed by atoms with Gasteiger partial charge in [-0.15, -0.1) is 0 Å². The van der Waals surface area contributed by atoms with Crippen LogP contribution in [0.5, 0.6) is 0 Å². The maximum Gasteiger partial charge on any atom is 0.136 e. The summed E-state index contributed by atoms with van der Waals surface area (Å²) in [6.07, 6.45) is 0. The Balaban J connectivity index is 3.25. The minimum atomic E-state index is -0.129. The third-order valence-electron chi connectivity index (χ3n) is 1.14. The van der Waals surface area contributed by atoms with Gasteiger partial charge in [0, 0.05) is 0 Å². The second-order valence-corrected chi connectivity index (χ2v) is 2.95. The molecule has 0 atom stereocenters. The molecule has 2 heteroatoms. The van der Waals surface area contributed by atoms with Crippen LogP contribution >= 0.6 is 22.6 Å². The van der Waals surface area contributed by atoms with Crippen molar-refractivity contribution in [1.82, 2.24) is 0 Å². The van der Waals surface area contributed by atoms with E-state index in [1.807, 2.05) is 35.6 Å². The van der Waals surface area contributed by atoms with Gasteiger partial charge in [-0.2, -0.15) is 0 Å². The Hall–Kier alpha value is -0.120. The Labute approximate surface area is 67.2 Å². The van der Waals surface area contributed by atoms with E-state index in [4.69, 9.17) is 0 Å². The van der Waals surface area contributed by atoms with Gasteiger partial charge in [0.25, 0.3) is 0 Å². The van der Waals surface area contributed by atoms with Crippen LogP contribution in [0.3, 0.4) is 0 Å². The summed E-state index contributed by atoms with van der Waals surface area (Å²) in [4.78, 5) is 0. The average molecular weight is 236 g/mol. The molecule has 0 aromatic heterocycles. The van der Waals surface area contributed by atoms with Gasteiger partial charge in [-0.3, -0.25) is 0 Å². The van der Waals surface area contributed by atoms with Crippen molar-refractivity contribution in [2.45, 2.75) is 6.92 Å². The fourth-order valence-corrected chi connectivity index (χ4v) is 0.971. The zero-order chi connectivity index (χ0) is 6.85. The van der Waals surface area contributed by atoms with Gasteiger partial charge in [-0.05, 0) is 41.1 Å². The first-order chi connectivity index (χ1) is 4.22. The summed E-state index contributed by atoms with van der Waals surface area (Å²) in [6.45, 7) is 1.89. The minimum Gasteiger partial charge on any atom is -0.206 e. The number of aryl methyl sites for hydroxylation is 1. The Morgan fingerprint density at radius 1 is 1.44 bits per heavy atom. The van der Waals surface area contributed by atoms with Gasteiger partial charge in [-0.1, -0.05) is 12.1 Å². The quantitative estimate of drug-likeness (QED) is 0.607. The summed E-state index contributed by atoms with van der Waals surface area (Å²) >= 11 is 1.99. The molecule has 9 heavy (non-hydrogen) atoms. The Bertz CT molecular complexity index is 200. The third-order valence-corrected chi connectivity index (χ3v) is 2.51. The van der Waals surface area contributed by atoms with Crippen LogP contribution in [0.2, 0.25) is 0 Å². The molecule has 0 aliphatic carbocycles. The molecule has 0 heterocycles. The summed E-state index contributed by atoms with van der Waals surface area (Å²) in [5, 5.41) is 0. The Kier molecular flexibility index (Phi) is 2.05. The highest BCUT2D eigenvalue weighted by Gasteiger charge is 1.97. The minimum absolute atomic E-state index is 0.129. The number of benzene rings is 1. The van der Waals surface area contributed by atoms with Crippen molar-refractivity contribution < 1.29 is 4.39 Å². The highest BCUT2D eigenvalue weighted by atomic mass is 127. The molecule has 1 aromatic rings. The van der Waals surface area contributed by atoms with Crippen LogP contribution in [0.1, 0.15) is 5.56 Å². The van der Waals surface area contributed by atoms with E-state index in [2.05, 4.69) is 0 Å². The standard InChI is InChI=1S/C7H6FI/c1-5-3-2-4-6(8)7(5)9/h2-4H,1H3. The maximum atomic E-state index is 12.6. The monoisotopic (exact) mass is 236 g/mol. The van der Waals surface area contributed by atoms with Gasteiger partial charge in [0.15, 0.2) is 0 Å². The molecular weight excluding hydrogens is 230 g/mol. The predicted octanol–water partition coefficient (Wildman–Crippen LogP) is 2.74. The van der Waals surface area contributed by atoms with Crippen molar-refractivity contribution in [3.8, 4) is 0 Å². The van der Waals surface area contributed by atoms with E-state index in [9.17, 15) is 4.39 Å². The topological polar surface area (TPSA) is 0 Å². The summed E-state index contributed by atoms with van der Waals surface area (Å²) < 4.78 is 13.3. The first-order valence-electron chi connectivity index (χ1n) is 2.62. The van der Waals surface area contributed by atoms with Crippen molar-refractivity contribution in [1.29, 1.82) is 0 Å². The highest BCUT2D eigenvalue weighted by molar-refractivity contribution is 14.1. The third kappa shape index (κ3) is 1.41. The van der Waals surface area contributed by atoms with Crippen molar-refractivity contribution >= 4 is 22.6 Å². The SMILES string of the molecule is Cc1cccc(F)c1I. The number of rotatable bonds is 0. The van der Waals surface area contributed by atoms with Gasteiger partial charge in [0.1, 0.15) is 5.82 Å². The fourth-order valence-electron chi connectivity index (χ4n) is 0.612. The van der Waals surface area contributed by atoms with Crippen LogP contribution in [-0.4, -0.2) is 0 Å². The Morgan fingerprint density at radius 3 is 2.56 bits per heavy atom. The summed E-state index contributed by atoms with van der Waals surface area (Å²) in [7, 11) is 0. The molecule has 0 aliphatic rings. The maximum absolute atomic E-state index is 12.6. The summed E-state index contributed by atoms with van der Waals surface area (Å²) in [5.74, 6) is -0.129. The molecule has 0 radical (unpaired) electrons. The van der Waals surface area contributed by atoms with Gasteiger partial charge in [0.2, 0.25) is 0 Å². The molecule has 0 aliphatic heterocycles. The fraction of sp³-hybridized carbons (Fsp3) is 0.143. The van der Waals surface area contributed by atoms with Crippen LogP contribution in [0, 0.1) is 16.3 Å². The van der Waals surface area contributed by atoms with Crippen LogP contribution in [0.25, 0.3) is 0 Å². The van der Waals surface area contributed by atoms with Crippen LogP contribution in [-0.2, 0) is 0 Å². The van der Waals surface area contributed by atoms with Crippen molar-refractivity contribution in [3.63, 3.8) is 0 Å². The van der Waals surface area contributed by atoms with Gasteiger partial charge in [-0.25, -0.2) is 4.39 Å². The zero-order valence-corrected chi connectivity index (χ0v) is 7.15. The highest BCUT2D eigenvalue weighted by Crippen LogP contribution is 2.13. The number of hydrogen-bond donors (Lipinski definition) is 0.